The van der Waals surface area contributed by atoms with Gasteiger partial charge in [-0.25, -0.2) is 0 Å². The maximum atomic E-state index is 11.9. The number of benzene rings is 2. The third kappa shape index (κ3) is 2.58. The first kappa shape index (κ1) is 11.9. The molecule has 0 aliphatic rings. The molecular weight excluding hydrogens is 226 g/mol. The average Bonchev–Trinajstić information content (AvgIpc) is 2.38. The van der Waals surface area contributed by atoms with Crippen LogP contribution >= 0.6 is 0 Å². The van der Waals surface area contributed by atoms with Crippen molar-refractivity contribution >= 4 is 17.5 Å². The third-order valence-electron chi connectivity index (χ3n) is 2.58. The van der Waals surface area contributed by atoms with Gasteiger partial charge in [0, 0.05) is 16.8 Å². The van der Waals surface area contributed by atoms with Gasteiger partial charge in [0.25, 0.3) is 0 Å². The van der Waals surface area contributed by atoms with Crippen LogP contribution < -0.4 is 5.73 Å². The topological polar surface area (TPSA) is 63.3 Å². The van der Waals surface area contributed by atoms with Gasteiger partial charge in [-0.1, -0.05) is 30.3 Å². The fraction of sp³-hybridized carbons (Fsp3) is 0. The number of phenolic OH excluding ortho intramolecular Hbond substituents is 1. The number of allylic oxidation sites excluding steroid dienone is 1. The molecular formula is C15H13NO2. The minimum absolute atomic E-state index is 0.141. The van der Waals surface area contributed by atoms with Crippen LogP contribution in [0.4, 0.5) is 5.69 Å². The molecule has 3 heteroatoms. The van der Waals surface area contributed by atoms with E-state index in [1.54, 1.807) is 54.6 Å². The summed E-state index contributed by atoms with van der Waals surface area (Å²) < 4.78 is 0. The Morgan fingerprint density at radius 2 is 1.72 bits per heavy atom. The monoisotopic (exact) mass is 239 g/mol. The summed E-state index contributed by atoms with van der Waals surface area (Å²) in [5.41, 5.74) is 7.22. The summed E-state index contributed by atoms with van der Waals surface area (Å²) in [7, 11) is 0. The second-order valence-electron chi connectivity index (χ2n) is 3.84. The number of anilines is 1. The van der Waals surface area contributed by atoms with Gasteiger partial charge in [-0.05, 0) is 30.4 Å². The first-order chi connectivity index (χ1) is 8.68. The van der Waals surface area contributed by atoms with E-state index in [1.165, 1.54) is 6.08 Å². The zero-order valence-corrected chi connectivity index (χ0v) is 9.71. The van der Waals surface area contributed by atoms with Crippen molar-refractivity contribution in [3.8, 4) is 5.75 Å². The van der Waals surface area contributed by atoms with E-state index in [1.807, 2.05) is 0 Å². The van der Waals surface area contributed by atoms with Crippen molar-refractivity contribution < 1.29 is 9.90 Å². The predicted octanol–water partition coefficient (Wildman–Crippen LogP) is 2.87. The lowest BCUT2D eigenvalue weighted by Gasteiger charge is -2.00. The first-order valence-corrected chi connectivity index (χ1v) is 5.53. The van der Waals surface area contributed by atoms with Crippen molar-refractivity contribution in [2.24, 2.45) is 0 Å². The highest BCUT2D eigenvalue weighted by Gasteiger charge is 2.05. The zero-order valence-electron chi connectivity index (χ0n) is 9.71. The van der Waals surface area contributed by atoms with Crippen LogP contribution in [-0.4, -0.2) is 10.9 Å². The quantitative estimate of drug-likeness (QED) is 0.492. The van der Waals surface area contributed by atoms with E-state index in [4.69, 9.17) is 5.73 Å². The van der Waals surface area contributed by atoms with E-state index in [9.17, 15) is 9.90 Å². The van der Waals surface area contributed by atoms with Gasteiger partial charge in [-0.15, -0.1) is 0 Å². The van der Waals surface area contributed by atoms with E-state index >= 15 is 0 Å². The first-order valence-electron chi connectivity index (χ1n) is 5.53. The van der Waals surface area contributed by atoms with Crippen LogP contribution in [0.25, 0.3) is 6.08 Å². The smallest absolute Gasteiger partial charge is 0.187 e. The highest BCUT2D eigenvalue weighted by Crippen LogP contribution is 2.18. The minimum atomic E-state index is -0.184. The Morgan fingerprint density at radius 3 is 2.44 bits per heavy atom. The molecule has 2 rings (SSSR count). The summed E-state index contributed by atoms with van der Waals surface area (Å²) >= 11 is 0. The van der Waals surface area contributed by atoms with Crippen molar-refractivity contribution in [2.45, 2.75) is 0 Å². The van der Waals surface area contributed by atoms with Gasteiger partial charge >= 0.3 is 0 Å². The van der Waals surface area contributed by atoms with Gasteiger partial charge < -0.3 is 10.8 Å². The molecule has 0 aromatic heterocycles. The van der Waals surface area contributed by atoms with Gasteiger partial charge in [0.05, 0.1) is 0 Å². The second kappa shape index (κ2) is 5.19. The van der Waals surface area contributed by atoms with E-state index in [-0.39, 0.29) is 11.5 Å². The Bertz CT molecular complexity index is 603. The number of aromatic hydroxyl groups is 1. The van der Waals surface area contributed by atoms with Crippen LogP contribution in [0.3, 0.4) is 0 Å². The molecule has 0 amide bonds. The van der Waals surface area contributed by atoms with Gasteiger partial charge in [-0.3, -0.25) is 4.79 Å². The number of hydrogen-bond donors (Lipinski definition) is 2. The molecule has 3 N–H and O–H groups in total. The number of nitrogen functional groups attached to an aromatic ring is 1. The Morgan fingerprint density at radius 1 is 1.06 bits per heavy atom. The molecule has 0 saturated heterocycles. The van der Waals surface area contributed by atoms with Crippen molar-refractivity contribution in [3.05, 3.63) is 65.7 Å². The average molecular weight is 239 g/mol. The van der Waals surface area contributed by atoms with Crippen molar-refractivity contribution in [1.29, 1.82) is 0 Å². The second-order valence-corrected chi connectivity index (χ2v) is 3.84. The molecule has 0 saturated carbocycles. The van der Waals surface area contributed by atoms with E-state index in [0.717, 1.165) is 0 Å². The molecule has 0 heterocycles. The van der Waals surface area contributed by atoms with Crippen LogP contribution in [0.2, 0.25) is 0 Å². The molecule has 0 spiro atoms. The minimum Gasteiger partial charge on any atom is -0.507 e. The fourth-order valence-electron chi connectivity index (χ4n) is 1.61. The van der Waals surface area contributed by atoms with Crippen molar-refractivity contribution in [3.63, 3.8) is 0 Å². The van der Waals surface area contributed by atoms with E-state index in [0.29, 0.717) is 16.8 Å². The number of ketones is 1. The van der Waals surface area contributed by atoms with Gasteiger partial charge in [0.2, 0.25) is 0 Å². The molecule has 0 radical (unpaired) electrons. The molecule has 0 atom stereocenters. The van der Waals surface area contributed by atoms with Gasteiger partial charge in [-0.2, -0.15) is 0 Å². The normalized spacial score (nSPS) is 10.7. The summed E-state index contributed by atoms with van der Waals surface area (Å²) in [4.78, 5) is 11.9. The van der Waals surface area contributed by atoms with Gasteiger partial charge in [0.1, 0.15) is 5.75 Å². The van der Waals surface area contributed by atoms with Crippen LogP contribution in [0.1, 0.15) is 15.9 Å². The zero-order chi connectivity index (χ0) is 13.0. The lowest BCUT2D eigenvalue weighted by Crippen LogP contribution is -1.99. The maximum absolute atomic E-state index is 11.9. The Balaban J connectivity index is 2.23. The molecule has 2 aromatic carbocycles. The highest BCUT2D eigenvalue weighted by atomic mass is 16.3. The predicted molar refractivity (Wildman–Crippen MR) is 72.3 cm³/mol. The molecule has 0 bridgehead atoms. The number of nitrogens with two attached hydrogens (primary N) is 1. The number of carbonyl (C=O) groups is 1. The Labute approximate surface area is 105 Å². The third-order valence-corrected chi connectivity index (χ3v) is 2.58. The molecule has 0 fully saturated rings. The fourth-order valence-corrected chi connectivity index (χ4v) is 1.61. The Hall–Kier alpha value is -2.55. The lowest BCUT2D eigenvalue weighted by molar-refractivity contribution is 0.104. The number of hydrogen-bond acceptors (Lipinski definition) is 3. The number of rotatable bonds is 3. The van der Waals surface area contributed by atoms with Crippen LogP contribution in [0.5, 0.6) is 5.75 Å². The molecule has 0 aliphatic heterocycles. The summed E-state index contributed by atoms with van der Waals surface area (Å²) in [5, 5.41) is 9.56. The summed E-state index contributed by atoms with van der Waals surface area (Å²) in [5.74, 6) is -0.0427. The summed E-state index contributed by atoms with van der Waals surface area (Å²) in [6.07, 6.45) is 2.98. The number of phenols is 1. The molecule has 3 nitrogen and oxygen atoms in total. The SMILES string of the molecule is Nc1ccccc1C(=O)/C=C\c1ccccc1O. The molecule has 0 unspecified atom stereocenters. The number of carbonyl (C=O) groups excluding carboxylic acids is 1. The van der Waals surface area contributed by atoms with Gasteiger partial charge in [0.15, 0.2) is 5.78 Å². The Kier molecular flexibility index (Phi) is 3.44. The van der Waals surface area contributed by atoms with Crippen LogP contribution in [-0.2, 0) is 0 Å². The molecule has 90 valence electrons. The lowest BCUT2D eigenvalue weighted by atomic mass is 10.1. The van der Waals surface area contributed by atoms with E-state index in [2.05, 4.69) is 0 Å². The largest absolute Gasteiger partial charge is 0.507 e. The molecule has 0 aliphatic carbocycles. The van der Waals surface area contributed by atoms with Crippen LogP contribution in [0, 0.1) is 0 Å². The summed E-state index contributed by atoms with van der Waals surface area (Å²) in [6, 6.07) is 13.7. The molecule has 18 heavy (non-hydrogen) atoms. The highest BCUT2D eigenvalue weighted by molar-refractivity contribution is 6.10. The maximum Gasteiger partial charge on any atom is 0.187 e. The standard InChI is InChI=1S/C15H13NO2/c16-13-7-3-2-6-12(13)15(18)10-9-11-5-1-4-8-14(11)17/h1-10,17H,16H2/b10-9-. The van der Waals surface area contributed by atoms with Crippen LogP contribution in [0.15, 0.2) is 54.6 Å². The number of para-hydroxylation sites is 2. The summed E-state index contributed by atoms with van der Waals surface area (Å²) in [6.45, 7) is 0. The van der Waals surface area contributed by atoms with Crippen molar-refractivity contribution in [2.75, 3.05) is 5.73 Å². The van der Waals surface area contributed by atoms with Crippen molar-refractivity contribution in [1.82, 2.24) is 0 Å². The molecule has 2 aromatic rings. The van der Waals surface area contributed by atoms with E-state index < -0.39 is 0 Å².